The molecule has 0 aromatic carbocycles. The van der Waals surface area contributed by atoms with Crippen LogP contribution in [0.4, 0.5) is 0 Å². The molecule has 0 fully saturated rings. The maximum absolute atomic E-state index is 5.52. The second-order valence-electron chi connectivity index (χ2n) is 3.21. The first-order chi connectivity index (χ1) is 4.59. The summed E-state index contributed by atoms with van der Waals surface area (Å²) in [7, 11) is 0.196. The van der Waals surface area contributed by atoms with Gasteiger partial charge in [0, 0.05) is 0 Å². The standard InChI is InChI=1S/C8H20NP/c1-7(2)10(6-5-9)8(3)4/h7-8H,5-6,9H2,1-4H3. The van der Waals surface area contributed by atoms with Crippen LogP contribution >= 0.6 is 7.92 Å². The molecule has 0 aromatic rings. The fourth-order valence-electron chi connectivity index (χ4n) is 1.26. The molecule has 0 spiro atoms. The summed E-state index contributed by atoms with van der Waals surface area (Å²) in [5, 5.41) is 0. The highest BCUT2D eigenvalue weighted by Gasteiger charge is 2.14. The van der Waals surface area contributed by atoms with E-state index in [1.54, 1.807) is 0 Å². The van der Waals surface area contributed by atoms with Gasteiger partial charge in [-0.3, -0.25) is 0 Å². The summed E-state index contributed by atoms with van der Waals surface area (Å²) in [4.78, 5) is 0. The molecule has 0 saturated carbocycles. The molecule has 0 heterocycles. The van der Waals surface area contributed by atoms with Gasteiger partial charge >= 0.3 is 0 Å². The lowest BCUT2D eigenvalue weighted by atomic mass is 10.5. The third-order valence-electron chi connectivity index (χ3n) is 1.71. The smallest absolute Gasteiger partial charge is 0.00377 e. The number of rotatable bonds is 4. The average Bonchev–Trinajstić information content (AvgIpc) is 1.81. The Hall–Kier alpha value is 0.390. The van der Waals surface area contributed by atoms with Crippen LogP contribution in [0.2, 0.25) is 0 Å². The Bertz CT molecular complexity index is 73.3. The minimum atomic E-state index is 0.196. The van der Waals surface area contributed by atoms with Crippen LogP contribution in [0.5, 0.6) is 0 Å². The summed E-state index contributed by atoms with van der Waals surface area (Å²) in [5.74, 6) is 0. The molecule has 0 aliphatic carbocycles. The topological polar surface area (TPSA) is 26.0 Å². The zero-order valence-electron chi connectivity index (χ0n) is 7.59. The first-order valence-electron chi connectivity index (χ1n) is 4.05. The Kier molecular flexibility index (Phi) is 5.29. The van der Waals surface area contributed by atoms with Crippen molar-refractivity contribution in [2.75, 3.05) is 12.7 Å². The SMILES string of the molecule is CC(C)P(CCN)C(C)C. The summed E-state index contributed by atoms with van der Waals surface area (Å²) in [6.45, 7) is 10.1. The molecule has 0 aromatic heterocycles. The molecule has 0 aliphatic heterocycles. The van der Waals surface area contributed by atoms with Crippen molar-refractivity contribution in [1.82, 2.24) is 0 Å². The second kappa shape index (κ2) is 5.09. The van der Waals surface area contributed by atoms with Crippen molar-refractivity contribution < 1.29 is 0 Å². The number of hydrogen-bond acceptors (Lipinski definition) is 1. The Labute approximate surface area is 66.1 Å². The zero-order chi connectivity index (χ0) is 8.15. The average molecular weight is 161 g/mol. The summed E-state index contributed by atoms with van der Waals surface area (Å²) in [5.41, 5.74) is 7.21. The fourth-order valence-corrected chi connectivity index (χ4v) is 3.79. The molecule has 0 saturated heterocycles. The molecule has 0 rings (SSSR count). The van der Waals surface area contributed by atoms with Crippen LogP contribution in [0, 0.1) is 0 Å². The molecule has 0 bridgehead atoms. The van der Waals surface area contributed by atoms with Crippen molar-refractivity contribution >= 4 is 7.92 Å². The molecule has 2 N–H and O–H groups in total. The second-order valence-corrected chi connectivity index (χ2v) is 6.76. The normalized spacial score (nSPS) is 12.0. The van der Waals surface area contributed by atoms with E-state index in [0.29, 0.717) is 0 Å². The first kappa shape index (κ1) is 10.4. The third kappa shape index (κ3) is 3.53. The third-order valence-corrected chi connectivity index (χ3v) is 5.14. The van der Waals surface area contributed by atoms with Crippen molar-refractivity contribution in [3.05, 3.63) is 0 Å². The lowest BCUT2D eigenvalue weighted by Gasteiger charge is -2.24. The van der Waals surface area contributed by atoms with Gasteiger partial charge < -0.3 is 5.73 Å². The Morgan fingerprint density at radius 3 is 1.60 bits per heavy atom. The van der Waals surface area contributed by atoms with Crippen LogP contribution < -0.4 is 5.73 Å². The molecule has 0 unspecified atom stereocenters. The highest BCUT2D eigenvalue weighted by Crippen LogP contribution is 2.44. The van der Waals surface area contributed by atoms with Gasteiger partial charge in [0.2, 0.25) is 0 Å². The van der Waals surface area contributed by atoms with E-state index in [9.17, 15) is 0 Å². The predicted molar refractivity (Wildman–Crippen MR) is 51.1 cm³/mol. The summed E-state index contributed by atoms with van der Waals surface area (Å²) in [6.07, 6.45) is 1.24. The van der Waals surface area contributed by atoms with Gasteiger partial charge in [-0.15, -0.1) is 7.92 Å². The van der Waals surface area contributed by atoms with Crippen molar-refractivity contribution in [1.29, 1.82) is 0 Å². The van der Waals surface area contributed by atoms with Gasteiger partial charge in [-0.25, -0.2) is 0 Å². The van der Waals surface area contributed by atoms with E-state index in [2.05, 4.69) is 27.7 Å². The van der Waals surface area contributed by atoms with E-state index in [1.807, 2.05) is 0 Å². The van der Waals surface area contributed by atoms with Crippen LogP contribution in [-0.2, 0) is 0 Å². The van der Waals surface area contributed by atoms with Crippen LogP contribution in [0.25, 0.3) is 0 Å². The van der Waals surface area contributed by atoms with E-state index in [0.717, 1.165) is 17.9 Å². The largest absolute Gasteiger partial charge is 0.330 e. The van der Waals surface area contributed by atoms with E-state index in [1.165, 1.54) is 6.16 Å². The molecule has 10 heavy (non-hydrogen) atoms. The Balaban J connectivity index is 3.73. The van der Waals surface area contributed by atoms with Gasteiger partial charge in [-0.2, -0.15) is 0 Å². The van der Waals surface area contributed by atoms with Gasteiger partial charge in [0.15, 0.2) is 0 Å². The molecule has 0 aliphatic rings. The van der Waals surface area contributed by atoms with Crippen molar-refractivity contribution in [3.63, 3.8) is 0 Å². The zero-order valence-corrected chi connectivity index (χ0v) is 8.49. The van der Waals surface area contributed by atoms with Gasteiger partial charge in [-0.1, -0.05) is 27.7 Å². The van der Waals surface area contributed by atoms with Crippen LogP contribution in [0.3, 0.4) is 0 Å². The molecular weight excluding hydrogens is 141 g/mol. The summed E-state index contributed by atoms with van der Waals surface area (Å²) in [6, 6.07) is 0. The fraction of sp³-hybridized carbons (Fsp3) is 1.00. The molecule has 62 valence electrons. The summed E-state index contributed by atoms with van der Waals surface area (Å²) >= 11 is 0. The van der Waals surface area contributed by atoms with Crippen LogP contribution in [0.1, 0.15) is 27.7 Å². The Morgan fingerprint density at radius 1 is 1.10 bits per heavy atom. The minimum absolute atomic E-state index is 0.196. The molecule has 1 nitrogen and oxygen atoms in total. The van der Waals surface area contributed by atoms with Crippen molar-refractivity contribution in [2.45, 2.75) is 39.0 Å². The predicted octanol–water partition coefficient (Wildman–Crippen LogP) is 2.24. The van der Waals surface area contributed by atoms with E-state index in [-0.39, 0.29) is 7.92 Å². The maximum Gasteiger partial charge on any atom is -0.00377 e. The molecule has 0 amide bonds. The van der Waals surface area contributed by atoms with Gasteiger partial charge in [0.1, 0.15) is 0 Å². The van der Waals surface area contributed by atoms with Gasteiger partial charge in [-0.05, 0) is 24.0 Å². The molecule has 0 radical (unpaired) electrons. The summed E-state index contributed by atoms with van der Waals surface area (Å²) < 4.78 is 0. The Morgan fingerprint density at radius 2 is 1.50 bits per heavy atom. The highest BCUT2D eigenvalue weighted by molar-refractivity contribution is 7.59. The van der Waals surface area contributed by atoms with Gasteiger partial charge in [0.05, 0.1) is 0 Å². The lowest BCUT2D eigenvalue weighted by Crippen LogP contribution is -2.12. The molecule has 0 atom stereocenters. The number of hydrogen-bond donors (Lipinski definition) is 1. The van der Waals surface area contributed by atoms with E-state index < -0.39 is 0 Å². The van der Waals surface area contributed by atoms with E-state index >= 15 is 0 Å². The molecular formula is C8H20NP. The van der Waals surface area contributed by atoms with Crippen molar-refractivity contribution in [3.8, 4) is 0 Å². The monoisotopic (exact) mass is 161 g/mol. The first-order valence-corrected chi connectivity index (χ1v) is 5.72. The van der Waals surface area contributed by atoms with Crippen LogP contribution in [-0.4, -0.2) is 24.0 Å². The quantitative estimate of drug-likeness (QED) is 0.629. The van der Waals surface area contributed by atoms with E-state index in [4.69, 9.17) is 5.73 Å². The van der Waals surface area contributed by atoms with Crippen molar-refractivity contribution in [2.24, 2.45) is 5.73 Å². The van der Waals surface area contributed by atoms with Gasteiger partial charge in [0.25, 0.3) is 0 Å². The highest BCUT2D eigenvalue weighted by atomic mass is 31.1. The minimum Gasteiger partial charge on any atom is -0.330 e. The molecule has 2 heteroatoms. The van der Waals surface area contributed by atoms with Crippen LogP contribution in [0.15, 0.2) is 0 Å². The maximum atomic E-state index is 5.52. The lowest BCUT2D eigenvalue weighted by molar-refractivity contribution is 0.984. The number of nitrogens with two attached hydrogens (primary N) is 1.